The Hall–Kier alpha value is -0.120. The highest BCUT2D eigenvalue weighted by atomic mass is 16.5. The van der Waals surface area contributed by atoms with Gasteiger partial charge in [0.25, 0.3) is 0 Å². The molecule has 2 saturated heterocycles. The third-order valence-electron chi connectivity index (χ3n) is 5.64. The molecule has 118 valence electrons. The molecule has 3 heteroatoms. The van der Waals surface area contributed by atoms with E-state index < -0.39 is 0 Å². The monoisotopic (exact) mass is 283 g/mol. The van der Waals surface area contributed by atoms with Gasteiger partial charge in [0, 0.05) is 17.9 Å². The van der Waals surface area contributed by atoms with Crippen LogP contribution in [0.2, 0.25) is 0 Å². The van der Waals surface area contributed by atoms with Crippen LogP contribution in [-0.2, 0) is 9.47 Å². The van der Waals surface area contributed by atoms with Crippen molar-refractivity contribution in [1.29, 1.82) is 0 Å². The van der Waals surface area contributed by atoms with Crippen molar-refractivity contribution in [2.45, 2.75) is 84.3 Å². The predicted octanol–water partition coefficient (Wildman–Crippen LogP) is 3.23. The molecule has 1 N–H and O–H groups in total. The minimum Gasteiger partial charge on any atom is -0.375 e. The Morgan fingerprint density at radius 2 is 1.65 bits per heavy atom. The minimum absolute atomic E-state index is 0.0270. The van der Waals surface area contributed by atoms with Gasteiger partial charge in [0.05, 0.1) is 23.4 Å². The summed E-state index contributed by atoms with van der Waals surface area (Å²) in [6, 6.07) is 0.446. The van der Waals surface area contributed by atoms with Crippen LogP contribution in [0.5, 0.6) is 0 Å². The highest BCUT2D eigenvalue weighted by Gasteiger charge is 2.53. The molecule has 0 bridgehead atoms. The van der Waals surface area contributed by atoms with Crippen molar-refractivity contribution in [3.8, 4) is 0 Å². The molecule has 0 spiro atoms. The molecular weight excluding hydrogens is 250 g/mol. The van der Waals surface area contributed by atoms with Crippen molar-refractivity contribution in [3.05, 3.63) is 0 Å². The SMILES string of the molecule is CNC(C1C(C)OC(C)C1C)C1CC(C)(C)OC1(C)C. The van der Waals surface area contributed by atoms with Crippen molar-refractivity contribution >= 4 is 0 Å². The highest BCUT2D eigenvalue weighted by Crippen LogP contribution is 2.48. The number of hydrogen-bond donors (Lipinski definition) is 1. The van der Waals surface area contributed by atoms with Gasteiger partial charge in [0.15, 0.2) is 0 Å². The van der Waals surface area contributed by atoms with Gasteiger partial charge in [-0.1, -0.05) is 6.92 Å². The second-order valence-electron chi connectivity index (χ2n) is 8.07. The van der Waals surface area contributed by atoms with Crippen LogP contribution in [0.25, 0.3) is 0 Å². The molecule has 0 aromatic rings. The molecule has 0 amide bonds. The molecule has 2 heterocycles. The zero-order valence-corrected chi connectivity index (χ0v) is 14.5. The number of ether oxygens (including phenoxy) is 2. The Morgan fingerprint density at radius 1 is 1.05 bits per heavy atom. The van der Waals surface area contributed by atoms with Crippen LogP contribution in [0, 0.1) is 17.8 Å². The minimum atomic E-state index is -0.0809. The van der Waals surface area contributed by atoms with Crippen molar-refractivity contribution in [2.75, 3.05) is 7.05 Å². The maximum Gasteiger partial charge on any atom is 0.0677 e. The summed E-state index contributed by atoms with van der Waals surface area (Å²) >= 11 is 0. The van der Waals surface area contributed by atoms with Crippen LogP contribution in [0.15, 0.2) is 0 Å². The Labute approximate surface area is 124 Å². The first-order valence-electron chi connectivity index (χ1n) is 8.12. The number of nitrogens with one attached hydrogen (secondary N) is 1. The van der Waals surface area contributed by atoms with Gasteiger partial charge in [0.1, 0.15) is 0 Å². The molecule has 2 rings (SSSR count). The molecule has 0 aliphatic carbocycles. The third-order valence-corrected chi connectivity index (χ3v) is 5.64. The molecule has 0 radical (unpaired) electrons. The zero-order chi connectivity index (χ0) is 15.3. The largest absolute Gasteiger partial charge is 0.375 e. The quantitative estimate of drug-likeness (QED) is 0.862. The van der Waals surface area contributed by atoms with Gasteiger partial charge in [-0.15, -0.1) is 0 Å². The smallest absolute Gasteiger partial charge is 0.0677 e. The Kier molecular flexibility index (Phi) is 4.27. The van der Waals surface area contributed by atoms with Gasteiger partial charge in [-0.05, 0) is 60.9 Å². The van der Waals surface area contributed by atoms with E-state index >= 15 is 0 Å². The first-order valence-corrected chi connectivity index (χ1v) is 8.12. The fraction of sp³-hybridized carbons (Fsp3) is 1.00. The number of hydrogen-bond acceptors (Lipinski definition) is 3. The van der Waals surface area contributed by atoms with Crippen LogP contribution in [0.3, 0.4) is 0 Å². The Bertz CT molecular complexity index is 353. The van der Waals surface area contributed by atoms with Crippen LogP contribution in [0.1, 0.15) is 54.9 Å². The predicted molar refractivity (Wildman–Crippen MR) is 82.9 cm³/mol. The van der Waals surface area contributed by atoms with Crippen molar-refractivity contribution < 1.29 is 9.47 Å². The summed E-state index contributed by atoms with van der Waals surface area (Å²) in [6.07, 6.45) is 1.77. The summed E-state index contributed by atoms with van der Waals surface area (Å²) in [6.45, 7) is 15.7. The molecule has 2 fully saturated rings. The maximum absolute atomic E-state index is 6.31. The van der Waals surface area contributed by atoms with Gasteiger partial charge in [-0.25, -0.2) is 0 Å². The van der Waals surface area contributed by atoms with E-state index in [-0.39, 0.29) is 11.2 Å². The third kappa shape index (κ3) is 2.77. The Balaban J connectivity index is 2.24. The van der Waals surface area contributed by atoms with Gasteiger partial charge >= 0.3 is 0 Å². The van der Waals surface area contributed by atoms with Crippen molar-refractivity contribution in [1.82, 2.24) is 5.32 Å². The van der Waals surface area contributed by atoms with E-state index in [4.69, 9.17) is 9.47 Å². The van der Waals surface area contributed by atoms with Crippen LogP contribution >= 0.6 is 0 Å². The van der Waals surface area contributed by atoms with E-state index in [1.807, 2.05) is 0 Å². The Morgan fingerprint density at radius 3 is 2.00 bits per heavy atom. The molecule has 0 saturated carbocycles. The lowest BCUT2D eigenvalue weighted by atomic mass is 9.71. The highest BCUT2D eigenvalue weighted by molar-refractivity contribution is 5.04. The summed E-state index contributed by atoms with van der Waals surface area (Å²) in [5, 5.41) is 3.60. The fourth-order valence-corrected chi connectivity index (χ4v) is 4.74. The topological polar surface area (TPSA) is 30.5 Å². The fourth-order valence-electron chi connectivity index (χ4n) is 4.74. The lowest BCUT2D eigenvalue weighted by Crippen LogP contribution is -2.50. The summed E-state index contributed by atoms with van der Waals surface area (Å²) in [5.41, 5.74) is -0.108. The van der Waals surface area contributed by atoms with Crippen molar-refractivity contribution in [2.24, 2.45) is 17.8 Å². The average molecular weight is 283 g/mol. The summed E-state index contributed by atoms with van der Waals surface area (Å²) in [7, 11) is 2.09. The summed E-state index contributed by atoms with van der Waals surface area (Å²) in [5.74, 6) is 1.66. The second-order valence-corrected chi connectivity index (χ2v) is 8.07. The lowest BCUT2D eigenvalue weighted by molar-refractivity contribution is -0.0807. The number of rotatable bonds is 3. The lowest BCUT2D eigenvalue weighted by Gasteiger charge is -2.38. The molecule has 2 aliphatic heterocycles. The van der Waals surface area contributed by atoms with Crippen LogP contribution < -0.4 is 5.32 Å². The molecule has 6 unspecified atom stereocenters. The second kappa shape index (κ2) is 5.26. The molecule has 20 heavy (non-hydrogen) atoms. The molecule has 0 aromatic heterocycles. The van der Waals surface area contributed by atoms with Crippen LogP contribution in [0.4, 0.5) is 0 Å². The van der Waals surface area contributed by atoms with E-state index in [0.29, 0.717) is 36.0 Å². The summed E-state index contributed by atoms with van der Waals surface area (Å²) < 4.78 is 12.4. The van der Waals surface area contributed by atoms with Gasteiger partial charge in [0.2, 0.25) is 0 Å². The van der Waals surface area contributed by atoms with E-state index in [0.717, 1.165) is 6.42 Å². The molecular formula is C17H33NO2. The van der Waals surface area contributed by atoms with E-state index in [1.165, 1.54) is 0 Å². The van der Waals surface area contributed by atoms with Crippen molar-refractivity contribution in [3.63, 3.8) is 0 Å². The zero-order valence-electron chi connectivity index (χ0n) is 14.5. The van der Waals surface area contributed by atoms with E-state index in [9.17, 15) is 0 Å². The van der Waals surface area contributed by atoms with Gasteiger partial charge in [-0.3, -0.25) is 0 Å². The first-order chi connectivity index (χ1) is 9.09. The van der Waals surface area contributed by atoms with Gasteiger partial charge in [-0.2, -0.15) is 0 Å². The molecule has 3 nitrogen and oxygen atoms in total. The standard InChI is InChI=1S/C17H33NO2/c1-10-11(2)19-12(3)14(10)15(18-8)13-9-16(4,5)20-17(13,6)7/h10-15,18H,9H2,1-8H3. The average Bonchev–Trinajstić information content (AvgIpc) is 2.66. The van der Waals surface area contributed by atoms with E-state index in [2.05, 4.69) is 60.8 Å². The molecule has 2 aliphatic rings. The molecule has 0 aromatic carbocycles. The van der Waals surface area contributed by atoms with Crippen LogP contribution in [-0.4, -0.2) is 36.5 Å². The normalized spacial score (nSPS) is 44.7. The summed E-state index contributed by atoms with van der Waals surface area (Å²) in [4.78, 5) is 0. The maximum atomic E-state index is 6.31. The van der Waals surface area contributed by atoms with Gasteiger partial charge < -0.3 is 14.8 Å². The van der Waals surface area contributed by atoms with E-state index in [1.54, 1.807) is 0 Å². The molecule has 6 atom stereocenters. The first kappa shape index (κ1) is 16.3.